The van der Waals surface area contributed by atoms with Crippen molar-refractivity contribution < 1.29 is 4.79 Å². The molecule has 0 bridgehead atoms. The minimum Gasteiger partial charge on any atom is -0.353 e. The number of anilines is 1. The van der Waals surface area contributed by atoms with Gasteiger partial charge in [0.25, 0.3) is 0 Å². The molecule has 2 aliphatic rings. The van der Waals surface area contributed by atoms with E-state index >= 15 is 0 Å². The number of aromatic nitrogens is 1. The zero-order chi connectivity index (χ0) is 14.1. The first-order valence-corrected chi connectivity index (χ1v) is 8.22. The summed E-state index contributed by atoms with van der Waals surface area (Å²) in [6, 6.07) is 0.676. The Balaban J connectivity index is 1.67. The van der Waals surface area contributed by atoms with Gasteiger partial charge < -0.3 is 15.5 Å². The zero-order valence-corrected chi connectivity index (χ0v) is 12.9. The lowest BCUT2D eigenvalue weighted by molar-refractivity contribution is -0.124. The van der Waals surface area contributed by atoms with E-state index in [-0.39, 0.29) is 5.91 Å². The van der Waals surface area contributed by atoms with Crippen LogP contribution >= 0.6 is 11.3 Å². The molecular weight excluding hydrogens is 272 g/mol. The number of hydrogen-bond acceptors (Lipinski definition) is 5. The summed E-state index contributed by atoms with van der Waals surface area (Å²) >= 11 is 1.73. The second kappa shape index (κ2) is 5.69. The summed E-state index contributed by atoms with van der Waals surface area (Å²) < 4.78 is 0. The number of carbonyl (C=O) groups excluding carboxylic acids is 1. The number of amides is 1. The molecule has 3 atom stereocenters. The van der Waals surface area contributed by atoms with Crippen molar-refractivity contribution in [3.63, 3.8) is 0 Å². The number of fused-ring (bicyclic) bond motifs is 1. The molecule has 110 valence electrons. The van der Waals surface area contributed by atoms with Crippen LogP contribution in [-0.2, 0) is 4.79 Å². The number of thiazole rings is 1. The molecule has 20 heavy (non-hydrogen) atoms. The van der Waals surface area contributed by atoms with Gasteiger partial charge in [-0.25, -0.2) is 4.98 Å². The molecule has 3 heterocycles. The van der Waals surface area contributed by atoms with Crippen molar-refractivity contribution in [3.05, 3.63) is 11.1 Å². The molecule has 0 spiro atoms. The van der Waals surface area contributed by atoms with E-state index in [0.717, 1.165) is 36.8 Å². The van der Waals surface area contributed by atoms with Gasteiger partial charge in [-0.3, -0.25) is 4.79 Å². The van der Waals surface area contributed by atoms with E-state index < -0.39 is 0 Å². The highest BCUT2D eigenvalue weighted by Crippen LogP contribution is 2.31. The van der Waals surface area contributed by atoms with Crippen molar-refractivity contribution in [1.29, 1.82) is 0 Å². The summed E-state index contributed by atoms with van der Waals surface area (Å²) in [5.74, 6) is 0.801. The Kier molecular flexibility index (Phi) is 3.94. The fourth-order valence-corrected chi connectivity index (χ4v) is 4.01. The summed E-state index contributed by atoms with van der Waals surface area (Å²) in [4.78, 5) is 18.6. The fourth-order valence-electron chi connectivity index (χ4n) is 3.05. The first-order chi connectivity index (χ1) is 9.67. The minimum atomic E-state index is 0.221. The van der Waals surface area contributed by atoms with Crippen LogP contribution in [0, 0.1) is 5.92 Å². The Bertz CT molecular complexity index is 489. The van der Waals surface area contributed by atoms with E-state index in [1.54, 1.807) is 11.3 Å². The molecule has 5 nitrogen and oxygen atoms in total. The van der Waals surface area contributed by atoms with Crippen molar-refractivity contribution in [1.82, 2.24) is 15.6 Å². The van der Waals surface area contributed by atoms with Crippen LogP contribution in [0.15, 0.2) is 5.38 Å². The number of rotatable bonds is 3. The monoisotopic (exact) mass is 294 g/mol. The normalized spacial score (nSPS) is 27.9. The van der Waals surface area contributed by atoms with Crippen LogP contribution in [0.1, 0.15) is 37.9 Å². The predicted molar refractivity (Wildman–Crippen MR) is 81.1 cm³/mol. The van der Waals surface area contributed by atoms with Crippen LogP contribution in [-0.4, -0.2) is 37.1 Å². The Morgan fingerprint density at radius 2 is 2.40 bits per heavy atom. The molecule has 1 aromatic rings. The maximum absolute atomic E-state index is 11.4. The largest absolute Gasteiger partial charge is 0.353 e. The van der Waals surface area contributed by atoms with E-state index in [1.165, 1.54) is 0 Å². The molecule has 3 rings (SSSR count). The van der Waals surface area contributed by atoms with E-state index in [9.17, 15) is 4.79 Å². The molecule has 0 aliphatic carbocycles. The highest BCUT2D eigenvalue weighted by Gasteiger charge is 2.34. The summed E-state index contributed by atoms with van der Waals surface area (Å²) in [5, 5.41) is 9.62. The average molecular weight is 294 g/mol. The van der Waals surface area contributed by atoms with Crippen LogP contribution in [0.5, 0.6) is 0 Å². The first kappa shape index (κ1) is 13.8. The molecular formula is C14H22N4OS. The van der Waals surface area contributed by atoms with Gasteiger partial charge in [-0.2, -0.15) is 0 Å². The Labute approximate surface area is 123 Å². The summed E-state index contributed by atoms with van der Waals surface area (Å²) in [5.41, 5.74) is 1.12. The fraction of sp³-hybridized carbons (Fsp3) is 0.714. The Hall–Kier alpha value is -1.14. The zero-order valence-electron chi connectivity index (χ0n) is 12.1. The first-order valence-electron chi connectivity index (χ1n) is 7.34. The highest BCUT2D eigenvalue weighted by atomic mass is 32.1. The maximum atomic E-state index is 11.4. The summed E-state index contributed by atoms with van der Waals surface area (Å²) in [6.07, 6.45) is 2.72. The summed E-state index contributed by atoms with van der Waals surface area (Å²) in [6.45, 7) is 4.13. The van der Waals surface area contributed by atoms with Crippen LogP contribution in [0.25, 0.3) is 0 Å². The number of carbonyl (C=O) groups is 1. The third-order valence-electron chi connectivity index (χ3n) is 4.48. The predicted octanol–water partition coefficient (Wildman–Crippen LogP) is 1.53. The highest BCUT2D eigenvalue weighted by molar-refractivity contribution is 7.13. The standard InChI is InChI=1S/C14H22N4OS/c1-9(15-2)12-8-20-14(17-12)18-6-5-11-10(7-18)3-4-13(19)16-11/h8-11,15H,3-7H2,1-2H3,(H,16,19). The smallest absolute Gasteiger partial charge is 0.220 e. The maximum Gasteiger partial charge on any atom is 0.220 e. The molecule has 2 fully saturated rings. The van der Waals surface area contributed by atoms with Gasteiger partial charge in [0.15, 0.2) is 5.13 Å². The van der Waals surface area contributed by atoms with Crippen molar-refractivity contribution in [2.24, 2.45) is 5.92 Å². The van der Waals surface area contributed by atoms with Crippen LogP contribution < -0.4 is 15.5 Å². The lowest BCUT2D eigenvalue weighted by Crippen LogP contribution is -2.54. The lowest BCUT2D eigenvalue weighted by Gasteiger charge is -2.41. The Morgan fingerprint density at radius 1 is 1.55 bits per heavy atom. The van der Waals surface area contributed by atoms with Gasteiger partial charge in [0, 0.05) is 37.0 Å². The second-order valence-corrected chi connectivity index (χ2v) is 6.61. The lowest BCUT2D eigenvalue weighted by atomic mass is 9.85. The van der Waals surface area contributed by atoms with Crippen LogP contribution in [0.4, 0.5) is 5.13 Å². The number of piperidine rings is 2. The topological polar surface area (TPSA) is 57.3 Å². The van der Waals surface area contributed by atoms with Crippen molar-refractivity contribution >= 4 is 22.4 Å². The van der Waals surface area contributed by atoms with E-state index in [0.29, 0.717) is 24.4 Å². The second-order valence-electron chi connectivity index (χ2n) is 5.77. The van der Waals surface area contributed by atoms with Crippen molar-refractivity contribution in [2.75, 3.05) is 25.0 Å². The number of nitrogens with one attached hydrogen (secondary N) is 2. The Morgan fingerprint density at radius 3 is 3.20 bits per heavy atom. The van der Waals surface area contributed by atoms with Gasteiger partial charge in [-0.15, -0.1) is 11.3 Å². The van der Waals surface area contributed by atoms with E-state index in [2.05, 4.69) is 27.8 Å². The molecule has 1 aromatic heterocycles. The molecule has 2 saturated heterocycles. The molecule has 6 heteroatoms. The van der Waals surface area contributed by atoms with E-state index in [1.807, 2.05) is 7.05 Å². The number of hydrogen-bond donors (Lipinski definition) is 2. The van der Waals surface area contributed by atoms with Crippen molar-refractivity contribution in [2.45, 2.75) is 38.3 Å². The van der Waals surface area contributed by atoms with Gasteiger partial charge in [-0.05, 0) is 32.7 Å². The number of nitrogens with zero attached hydrogens (tertiary/aromatic N) is 2. The molecule has 1 amide bonds. The third kappa shape index (κ3) is 2.67. The minimum absolute atomic E-state index is 0.221. The van der Waals surface area contributed by atoms with Crippen molar-refractivity contribution in [3.8, 4) is 0 Å². The van der Waals surface area contributed by atoms with Gasteiger partial charge in [0.1, 0.15) is 0 Å². The van der Waals surface area contributed by atoms with Gasteiger partial charge >= 0.3 is 0 Å². The van der Waals surface area contributed by atoms with Gasteiger partial charge in [0.05, 0.1) is 5.69 Å². The van der Waals surface area contributed by atoms with Crippen LogP contribution in [0.2, 0.25) is 0 Å². The van der Waals surface area contributed by atoms with Gasteiger partial charge in [0.2, 0.25) is 5.91 Å². The molecule has 2 N–H and O–H groups in total. The molecule has 0 radical (unpaired) electrons. The molecule has 0 saturated carbocycles. The molecule has 3 unspecified atom stereocenters. The van der Waals surface area contributed by atoms with E-state index in [4.69, 9.17) is 4.98 Å². The van der Waals surface area contributed by atoms with Gasteiger partial charge in [-0.1, -0.05) is 0 Å². The SMILES string of the molecule is CNC(C)c1csc(N2CCC3NC(=O)CCC3C2)n1. The third-order valence-corrected chi connectivity index (χ3v) is 5.40. The molecule has 2 aliphatic heterocycles. The summed E-state index contributed by atoms with van der Waals surface area (Å²) in [7, 11) is 1.96. The van der Waals surface area contributed by atoms with Crippen LogP contribution in [0.3, 0.4) is 0 Å². The average Bonchev–Trinajstić information content (AvgIpc) is 2.95. The molecule has 0 aromatic carbocycles. The quantitative estimate of drug-likeness (QED) is 0.887.